The van der Waals surface area contributed by atoms with E-state index in [2.05, 4.69) is 0 Å². The van der Waals surface area contributed by atoms with Gasteiger partial charge in [0.2, 0.25) is 6.79 Å². The van der Waals surface area contributed by atoms with E-state index in [1.807, 2.05) is 72.8 Å². The van der Waals surface area contributed by atoms with Crippen molar-refractivity contribution in [3.8, 4) is 17.2 Å². The van der Waals surface area contributed by atoms with Crippen LogP contribution < -0.4 is 19.8 Å². The maximum absolute atomic E-state index is 13.0. The molecule has 0 radical (unpaired) electrons. The van der Waals surface area contributed by atoms with E-state index in [-0.39, 0.29) is 12.7 Å². The van der Waals surface area contributed by atoms with E-state index in [0.29, 0.717) is 34.2 Å². The Hall–Kier alpha value is -3.99. The molecule has 0 fully saturated rings. The lowest BCUT2D eigenvalue weighted by Crippen LogP contribution is -2.19. The SMILES string of the molecule is O=c1oc2ccccc2c2c1C(c1ccc3c(c1)OCO3)C=C(c1ccccc1)O2. The van der Waals surface area contributed by atoms with E-state index in [0.717, 1.165) is 16.5 Å². The Morgan fingerprint density at radius 3 is 2.53 bits per heavy atom. The summed E-state index contributed by atoms with van der Waals surface area (Å²) in [5.74, 6) is 2.25. The van der Waals surface area contributed by atoms with E-state index in [9.17, 15) is 4.79 Å². The molecule has 6 rings (SSSR count). The molecule has 0 bridgehead atoms. The molecule has 4 aromatic rings. The fraction of sp³-hybridized carbons (Fsp3) is 0.0800. The summed E-state index contributed by atoms with van der Waals surface area (Å²) in [6, 6.07) is 23.0. The highest BCUT2D eigenvalue weighted by Crippen LogP contribution is 2.44. The van der Waals surface area contributed by atoms with E-state index in [1.54, 1.807) is 6.07 Å². The second kappa shape index (κ2) is 6.52. The van der Waals surface area contributed by atoms with Crippen LogP contribution >= 0.6 is 0 Å². The van der Waals surface area contributed by atoms with Gasteiger partial charge in [-0.15, -0.1) is 0 Å². The van der Waals surface area contributed by atoms with Crippen molar-refractivity contribution in [1.82, 2.24) is 0 Å². The predicted molar refractivity (Wildman–Crippen MR) is 112 cm³/mol. The number of benzene rings is 3. The number of hydrogen-bond acceptors (Lipinski definition) is 5. The summed E-state index contributed by atoms with van der Waals surface area (Å²) in [6.07, 6.45) is 1.96. The van der Waals surface area contributed by atoms with Crippen molar-refractivity contribution in [3.05, 3.63) is 106 Å². The normalized spacial score (nSPS) is 16.7. The molecule has 146 valence electrons. The van der Waals surface area contributed by atoms with Crippen LogP contribution in [0.4, 0.5) is 0 Å². The number of rotatable bonds is 2. The highest BCUT2D eigenvalue weighted by atomic mass is 16.7. The summed E-state index contributed by atoms with van der Waals surface area (Å²) in [4.78, 5) is 13.0. The van der Waals surface area contributed by atoms with Gasteiger partial charge in [0.1, 0.15) is 17.1 Å². The molecule has 0 aliphatic carbocycles. The Kier molecular flexibility index (Phi) is 3.68. The monoisotopic (exact) mass is 396 g/mol. The molecule has 1 aromatic heterocycles. The molecule has 2 aliphatic heterocycles. The summed E-state index contributed by atoms with van der Waals surface area (Å²) < 4.78 is 22.9. The molecule has 2 aliphatic rings. The Morgan fingerprint density at radius 2 is 1.63 bits per heavy atom. The lowest BCUT2D eigenvalue weighted by Gasteiger charge is -2.25. The van der Waals surface area contributed by atoms with E-state index in [1.165, 1.54) is 0 Å². The molecule has 30 heavy (non-hydrogen) atoms. The Bertz CT molecular complexity index is 1370. The first-order chi connectivity index (χ1) is 14.8. The quantitative estimate of drug-likeness (QED) is 0.442. The molecule has 0 spiro atoms. The molecule has 0 saturated heterocycles. The third-order valence-corrected chi connectivity index (χ3v) is 5.45. The van der Waals surface area contributed by atoms with Crippen molar-refractivity contribution in [3.63, 3.8) is 0 Å². The first kappa shape index (κ1) is 16.9. The van der Waals surface area contributed by atoms with Crippen molar-refractivity contribution in [1.29, 1.82) is 0 Å². The van der Waals surface area contributed by atoms with Gasteiger partial charge in [0.05, 0.1) is 10.9 Å². The van der Waals surface area contributed by atoms with Crippen molar-refractivity contribution in [2.24, 2.45) is 0 Å². The van der Waals surface area contributed by atoms with Crippen molar-refractivity contribution >= 4 is 16.7 Å². The molecule has 3 heterocycles. The van der Waals surface area contributed by atoms with E-state index < -0.39 is 5.63 Å². The molecular weight excluding hydrogens is 380 g/mol. The van der Waals surface area contributed by atoms with Gasteiger partial charge < -0.3 is 18.6 Å². The van der Waals surface area contributed by atoms with Crippen LogP contribution in [0, 0.1) is 0 Å². The van der Waals surface area contributed by atoms with Gasteiger partial charge in [-0.25, -0.2) is 4.79 Å². The summed E-state index contributed by atoms with van der Waals surface area (Å²) in [6.45, 7) is 0.195. The third-order valence-electron chi connectivity index (χ3n) is 5.45. The molecule has 0 N–H and O–H groups in total. The van der Waals surface area contributed by atoms with Gasteiger partial charge in [0.25, 0.3) is 0 Å². The molecule has 1 atom stereocenters. The van der Waals surface area contributed by atoms with Crippen LogP contribution in [0.5, 0.6) is 17.2 Å². The van der Waals surface area contributed by atoms with Crippen LogP contribution in [-0.4, -0.2) is 6.79 Å². The molecular formula is C25H16O5. The van der Waals surface area contributed by atoms with Gasteiger partial charge in [-0.2, -0.15) is 0 Å². The van der Waals surface area contributed by atoms with Crippen molar-refractivity contribution < 1.29 is 18.6 Å². The predicted octanol–water partition coefficient (Wildman–Crippen LogP) is 5.09. The molecule has 5 nitrogen and oxygen atoms in total. The summed E-state index contributed by atoms with van der Waals surface area (Å²) in [5, 5.41) is 0.763. The number of allylic oxidation sites excluding steroid dienone is 1. The van der Waals surface area contributed by atoms with E-state index >= 15 is 0 Å². The summed E-state index contributed by atoms with van der Waals surface area (Å²) >= 11 is 0. The Morgan fingerprint density at radius 1 is 0.833 bits per heavy atom. The average molecular weight is 396 g/mol. The fourth-order valence-corrected chi connectivity index (χ4v) is 4.02. The minimum atomic E-state index is -0.408. The maximum Gasteiger partial charge on any atom is 0.344 e. The van der Waals surface area contributed by atoms with E-state index in [4.69, 9.17) is 18.6 Å². The lowest BCUT2D eigenvalue weighted by atomic mass is 9.87. The van der Waals surface area contributed by atoms with Gasteiger partial charge in [-0.3, -0.25) is 0 Å². The number of fused-ring (bicyclic) bond motifs is 4. The van der Waals surface area contributed by atoms with Crippen LogP contribution in [0.3, 0.4) is 0 Å². The zero-order chi connectivity index (χ0) is 20.1. The van der Waals surface area contributed by atoms with Gasteiger partial charge in [-0.05, 0) is 35.9 Å². The molecule has 1 unspecified atom stereocenters. The highest BCUT2D eigenvalue weighted by Gasteiger charge is 2.31. The Labute approximate surface area is 171 Å². The van der Waals surface area contributed by atoms with Crippen molar-refractivity contribution in [2.75, 3.05) is 6.79 Å². The van der Waals surface area contributed by atoms with Gasteiger partial charge in [0.15, 0.2) is 11.5 Å². The minimum Gasteiger partial charge on any atom is -0.456 e. The largest absolute Gasteiger partial charge is 0.456 e. The molecule has 0 saturated carbocycles. The average Bonchev–Trinajstić information content (AvgIpc) is 3.27. The number of ether oxygens (including phenoxy) is 3. The van der Waals surface area contributed by atoms with Gasteiger partial charge in [-0.1, -0.05) is 48.5 Å². The zero-order valence-electron chi connectivity index (χ0n) is 15.8. The van der Waals surface area contributed by atoms with Crippen LogP contribution in [0.15, 0.2) is 88.1 Å². The second-order valence-electron chi connectivity index (χ2n) is 7.22. The number of para-hydroxylation sites is 1. The van der Waals surface area contributed by atoms with Crippen molar-refractivity contribution in [2.45, 2.75) is 5.92 Å². The van der Waals surface area contributed by atoms with Crippen LogP contribution in [0.2, 0.25) is 0 Å². The minimum absolute atomic E-state index is 0.195. The molecule has 0 amide bonds. The van der Waals surface area contributed by atoms with Crippen LogP contribution in [-0.2, 0) is 0 Å². The van der Waals surface area contributed by atoms with Crippen LogP contribution in [0.1, 0.15) is 22.6 Å². The smallest absolute Gasteiger partial charge is 0.344 e. The molecule has 3 aromatic carbocycles. The Balaban J connectivity index is 1.61. The second-order valence-corrected chi connectivity index (χ2v) is 7.22. The lowest BCUT2D eigenvalue weighted by molar-refractivity contribution is 0.174. The topological polar surface area (TPSA) is 57.9 Å². The number of hydrogen-bond donors (Lipinski definition) is 0. The maximum atomic E-state index is 13.0. The summed E-state index contributed by atoms with van der Waals surface area (Å²) in [7, 11) is 0. The first-order valence-electron chi connectivity index (χ1n) is 9.68. The third kappa shape index (κ3) is 2.59. The van der Waals surface area contributed by atoms with Gasteiger partial charge in [0, 0.05) is 11.5 Å². The first-order valence-corrected chi connectivity index (χ1v) is 9.68. The van der Waals surface area contributed by atoms with Crippen LogP contribution in [0.25, 0.3) is 16.7 Å². The fourth-order valence-electron chi connectivity index (χ4n) is 4.02. The highest BCUT2D eigenvalue weighted by molar-refractivity contribution is 5.87. The molecule has 5 heteroatoms. The zero-order valence-corrected chi connectivity index (χ0v) is 15.8. The van der Waals surface area contributed by atoms with Gasteiger partial charge >= 0.3 is 5.63 Å². The standard InChI is InChI=1S/C25H16O5/c26-25-23-18(16-10-11-20-22(12-16)28-14-27-20)13-21(15-6-2-1-3-7-15)29-24(23)17-8-4-5-9-19(17)30-25/h1-13,18H,14H2. The summed E-state index contributed by atoms with van der Waals surface area (Å²) in [5.41, 5.74) is 2.41.